The van der Waals surface area contributed by atoms with Crippen molar-refractivity contribution >= 4 is 5.82 Å². The second kappa shape index (κ2) is 7.57. The molecule has 8 heteroatoms. The molecule has 3 aromatic rings. The predicted octanol–water partition coefficient (Wildman–Crippen LogP) is 1.01. The minimum absolute atomic E-state index is 0.722. The second-order valence-corrected chi connectivity index (χ2v) is 6.29. The lowest BCUT2D eigenvalue weighted by Gasteiger charge is -2.14. The van der Waals surface area contributed by atoms with E-state index in [0.29, 0.717) is 0 Å². The maximum absolute atomic E-state index is 4.82. The molecule has 0 fully saturated rings. The molecule has 26 heavy (non-hydrogen) atoms. The highest BCUT2D eigenvalue weighted by Gasteiger charge is 2.17. The summed E-state index contributed by atoms with van der Waals surface area (Å²) in [6.45, 7) is 2.63. The van der Waals surface area contributed by atoms with Gasteiger partial charge in [-0.25, -0.2) is 15.0 Å². The number of aromatic nitrogens is 6. The number of fused-ring (bicyclic) bond motifs is 1. The first kappa shape index (κ1) is 16.6. The zero-order chi connectivity index (χ0) is 17.8. The van der Waals surface area contributed by atoms with E-state index in [0.717, 1.165) is 67.6 Å². The quantitative estimate of drug-likeness (QED) is 0.709. The molecule has 0 aliphatic carbocycles. The maximum atomic E-state index is 4.82. The molecule has 0 saturated carbocycles. The Balaban J connectivity index is 1.62. The normalized spacial score (nSPS) is 13.9. The number of anilines is 1. The first-order valence-corrected chi connectivity index (χ1v) is 8.89. The van der Waals surface area contributed by atoms with Crippen molar-refractivity contribution in [1.29, 1.82) is 0 Å². The first-order valence-electron chi connectivity index (χ1n) is 8.89. The van der Waals surface area contributed by atoms with Crippen molar-refractivity contribution in [2.75, 3.05) is 25.0 Å². The fourth-order valence-corrected chi connectivity index (χ4v) is 3.15. The van der Waals surface area contributed by atoms with Crippen LogP contribution in [0.1, 0.15) is 17.1 Å². The molecule has 0 radical (unpaired) electrons. The lowest BCUT2D eigenvalue weighted by molar-refractivity contribution is 0.700. The molecule has 1 aliphatic rings. The molecule has 0 spiro atoms. The number of nitrogens with zero attached hydrogens (tertiary/aromatic N) is 6. The van der Waals surface area contributed by atoms with E-state index in [1.807, 2.05) is 19.2 Å². The lowest BCUT2D eigenvalue weighted by atomic mass is 10.1. The van der Waals surface area contributed by atoms with Crippen molar-refractivity contribution in [2.24, 2.45) is 7.05 Å². The zero-order valence-corrected chi connectivity index (χ0v) is 14.8. The fraction of sp³-hybridized carbons (Fsp3) is 0.389. The molecule has 0 unspecified atom stereocenters. The van der Waals surface area contributed by atoms with E-state index in [1.54, 1.807) is 23.4 Å². The van der Waals surface area contributed by atoms with Crippen molar-refractivity contribution in [3.63, 3.8) is 0 Å². The first-order chi connectivity index (χ1) is 12.8. The second-order valence-electron chi connectivity index (χ2n) is 6.29. The van der Waals surface area contributed by atoms with Gasteiger partial charge in [0.25, 0.3) is 0 Å². The van der Waals surface area contributed by atoms with E-state index in [4.69, 9.17) is 9.97 Å². The van der Waals surface area contributed by atoms with Crippen molar-refractivity contribution < 1.29 is 0 Å². The van der Waals surface area contributed by atoms with E-state index in [9.17, 15) is 0 Å². The average molecular weight is 350 g/mol. The molecular formula is C18H22N8. The van der Waals surface area contributed by atoms with Crippen LogP contribution in [0.4, 0.5) is 5.82 Å². The van der Waals surface area contributed by atoms with Crippen LogP contribution >= 0.6 is 0 Å². The molecule has 2 N–H and O–H groups in total. The molecule has 1 aliphatic heterocycles. The Hall–Kier alpha value is -2.87. The van der Waals surface area contributed by atoms with Crippen LogP contribution < -0.4 is 10.6 Å². The predicted molar refractivity (Wildman–Crippen MR) is 98.7 cm³/mol. The summed E-state index contributed by atoms with van der Waals surface area (Å²) in [7, 11) is 1.91. The van der Waals surface area contributed by atoms with E-state index in [2.05, 4.69) is 25.7 Å². The highest BCUT2D eigenvalue weighted by molar-refractivity contribution is 5.59. The zero-order valence-electron chi connectivity index (χ0n) is 14.8. The molecule has 3 aromatic heterocycles. The Morgan fingerprint density at radius 1 is 1.23 bits per heavy atom. The molecule has 0 saturated heterocycles. The summed E-state index contributed by atoms with van der Waals surface area (Å²) >= 11 is 0. The van der Waals surface area contributed by atoms with E-state index >= 15 is 0 Å². The maximum Gasteiger partial charge on any atom is 0.163 e. The Bertz CT molecular complexity index is 874. The molecule has 8 nitrogen and oxygen atoms in total. The number of hydrogen-bond acceptors (Lipinski definition) is 7. The van der Waals surface area contributed by atoms with Crippen LogP contribution in [0.15, 0.2) is 30.9 Å². The number of aryl methyl sites for hydroxylation is 1. The minimum atomic E-state index is 0.722. The van der Waals surface area contributed by atoms with Crippen LogP contribution in [0.2, 0.25) is 0 Å². The Kier molecular flexibility index (Phi) is 4.83. The van der Waals surface area contributed by atoms with Crippen molar-refractivity contribution in [1.82, 2.24) is 35.0 Å². The van der Waals surface area contributed by atoms with Crippen LogP contribution in [0.3, 0.4) is 0 Å². The largest absolute Gasteiger partial charge is 0.369 e. The van der Waals surface area contributed by atoms with Crippen molar-refractivity contribution in [3.05, 3.63) is 47.9 Å². The van der Waals surface area contributed by atoms with Gasteiger partial charge in [-0.2, -0.15) is 5.10 Å². The average Bonchev–Trinajstić information content (AvgIpc) is 2.93. The molecule has 0 atom stereocenters. The van der Waals surface area contributed by atoms with E-state index < -0.39 is 0 Å². The summed E-state index contributed by atoms with van der Waals surface area (Å²) in [6.07, 6.45) is 7.77. The molecular weight excluding hydrogens is 328 g/mol. The van der Waals surface area contributed by atoms with Gasteiger partial charge in [-0.15, -0.1) is 0 Å². The van der Waals surface area contributed by atoms with Crippen LogP contribution in [0.25, 0.3) is 11.4 Å². The Labute approximate surface area is 152 Å². The van der Waals surface area contributed by atoms with Gasteiger partial charge >= 0.3 is 0 Å². The standard InChI is InChI=1S/C18H22N8/c1-26-16(22-12-23-26)6-10-21-18-14-4-8-19-9-5-15(14)24-17(25-18)13-3-2-7-20-11-13/h2-3,7,11-12,19H,4-6,8-10H2,1H3,(H,21,24,25). The van der Waals surface area contributed by atoms with Gasteiger partial charge in [0.05, 0.1) is 5.69 Å². The SMILES string of the molecule is Cn1ncnc1CCNc1nc(-c2cccnc2)nc2c1CCNCC2. The molecule has 134 valence electrons. The molecule has 0 amide bonds. The van der Waals surface area contributed by atoms with Crippen LogP contribution in [-0.2, 0) is 26.3 Å². The summed E-state index contributed by atoms with van der Waals surface area (Å²) in [4.78, 5) is 18.1. The van der Waals surface area contributed by atoms with Crippen LogP contribution in [0, 0.1) is 0 Å². The van der Waals surface area contributed by atoms with Crippen LogP contribution in [-0.4, -0.2) is 49.4 Å². The Morgan fingerprint density at radius 3 is 2.96 bits per heavy atom. The molecule has 4 rings (SSSR count). The van der Waals surface area contributed by atoms with Gasteiger partial charge in [0.15, 0.2) is 5.82 Å². The summed E-state index contributed by atoms with van der Waals surface area (Å²) in [6, 6.07) is 3.90. The lowest BCUT2D eigenvalue weighted by Crippen LogP contribution is -2.16. The van der Waals surface area contributed by atoms with Gasteiger partial charge in [0.1, 0.15) is 18.0 Å². The topological polar surface area (TPSA) is 93.4 Å². The smallest absolute Gasteiger partial charge is 0.163 e. The summed E-state index contributed by atoms with van der Waals surface area (Å²) in [5.41, 5.74) is 3.26. The molecule has 0 bridgehead atoms. The van der Waals surface area contributed by atoms with Gasteiger partial charge in [0.2, 0.25) is 0 Å². The van der Waals surface area contributed by atoms with Gasteiger partial charge in [-0.05, 0) is 25.1 Å². The van der Waals surface area contributed by atoms with E-state index in [1.165, 1.54) is 5.56 Å². The Morgan fingerprint density at radius 2 is 2.15 bits per heavy atom. The van der Waals surface area contributed by atoms with Crippen molar-refractivity contribution in [2.45, 2.75) is 19.3 Å². The van der Waals surface area contributed by atoms with E-state index in [-0.39, 0.29) is 0 Å². The monoisotopic (exact) mass is 350 g/mol. The highest BCUT2D eigenvalue weighted by Crippen LogP contribution is 2.24. The third kappa shape index (κ3) is 3.55. The van der Waals surface area contributed by atoms with Crippen molar-refractivity contribution in [3.8, 4) is 11.4 Å². The summed E-state index contributed by atoms with van der Waals surface area (Å²) < 4.78 is 1.80. The third-order valence-electron chi connectivity index (χ3n) is 4.55. The number of hydrogen-bond donors (Lipinski definition) is 2. The molecule has 4 heterocycles. The highest BCUT2D eigenvalue weighted by atomic mass is 15.3. The van der Waals surface area contributed by atoms with Gasteiger partial charge in [-0.1, -0.05) is 0 Å². The van der Waals surface area contributed by atoms with Crippen LogP contribution in [0.5, 0.6) is 0 Å². The molecule has 0 aromatic carbocycles. The van der Waals surface area contributed by atoms with Gasteiger partial charge in [-0.3, -0.25) is 9.67 Å². The minimum Gasteiger partial charge on any atom is -0.369 e. The fourth-order valence-electron chi connectivity index (χ4n) is 3.15. The summed E-state index contributed by atoms with van der Waals surface area (Å²) in [5.74, 6) is 2.59. The third-order valence-corrected chi connectivity index (χ3v) is 4.55. The van der Waals surface area contributed by atoms with Gasteiger partial charge < -0.3 is 10.6 Å². The number of rotatable bonds is 5. The number of pyridine rings is 1. The number of nitrogens with one attached hydrogen (secondary N) is 2. The summed E-state index contributed by atoms with van der Waals surface area (Å²) in [5, 5.41) is 11.0. The van der Waals surface area contributed by atoms with Gasteiger partial charge in [0, 0.05) is 56.5 Å².